The first kappa shape index (κ1) is 13.2. The molecule has 3 aromatic heterocycles. The maximum atomic E-state index is 12.7. The average molecular weight is 297 g/mol. The molecule has 0 bridgehead atoms. The van der Waals surface area contributed by atoms with E-state index < -0.39 is 0 Å². The highest BCUT2D eigenvalue weighted by molar-refractivity contribution is 5.88. The van der Waals surface area contributed by atoms with Crippen molar-refractivity contribution in [3.63, 3.8) is 0 Å². The molecular weight excluding hydrogens is 282 g/mol. The van der Waals surface area contributed by atoms with E-state index in [1.165, 1.54) is 6.42 Å². The molecule has 0 atom stereocenters. The van der Waals surface area contributed by atoms with Gasteiger partial charge >= 0.3 is 0 Å². The van der Waals surface area contributed by atoms with Crippen molar-refractivity contribution in [3.05, 3.63) is 39.8 Å². The molecule has 1 aliphatic rings. The molecule has 3 N–H and O–H groups in total. The van der Waals surface area contributed by atoms with E-state index in [9.17, 15) is 9.90 Å². The Morgan fingerprint density at radius 1 is 1.32 bits per heavy atom. The standard InChI is InChI=1S/C16H15N3O3/c17-15-9(7-20)4-11-14(21)10-5-12(8-2-1-3-8)18-6-13(10)22-16(11)19-15/h4-6,8,20H,1-3,7H2,(H2,17,19). The molecular formula is C16H15N3O3. The van der Waals surface area contributed by atoms with Crippen molar-refractivity contribution in [2.45, 2.75) is 31.8 Å². The number of aliphatic hydroxyl groups excluding tert-OH is 1. The van der Waals surface area contributed by atoms with Crippen LogP contribution in [0.15, 0.2) is 27.5 Å². The Morgan fingerprint density at radius 3 is 2.82 bits per heavy atom. The molecule has 0 aromatic carbocycles. The fraction of sp³-hybridized carbons (Fsp3) is 0.312. The monoisotopic (exact) mass is 297 g/mol. The van der Waals surface area contributed by atoms with Crippen LogP contribution in [-0.4, -0.2) is 15.1 Å². The Morgan fingerprint density at radius 2 is 2.14 bits per heavy atom. The number of fused-ring (bicyclic) bond motifs is 2. The number of rotatable bonds is 2. The van der Waals surface area contributed by atoms with Crippen LogP contribution in [0, 0.1) is 0 Å². The minimum absolute atomic E-state index is 0.163. The lowest BCUT2D eigenvalue weighted by atomic mass is 9.82. The van der Waals surface area contributed by atoms with Crippen LogP contribution in [-0.2, 0) is 6.61 Å². The minimum atomic E-state index is -0.268. The highest BCUT2D eigenvalue weighted by atomic mass is 16.3. The molecule has 22 heavy (non-hydrogen) atoms. The first-order valence-corrected chi connectivity index (χ1v) is 7.30. The summed E-state index contributed by atoms with van der Waals surface area (Å²) in [5.41, 5.74) is 7.51. The molecule has 1 aliphatic carbocycles. The minimum Gasteiger partial charge on any atom is -0.436 e. The number of nitrogens with two attached hydrogens (primary N) is 1. The third kappa shape index (κ3) is 1.88. The zero-order valence-electron chi connectivity index (χ0n) is 11.9. The number of anilines is 1. The molecule has 0 unspecified atom stereocenters. The van der Waals surface area contributed by atoms with Crippen molar-refractivity contribution in [1.82, 2.24) is 9.97 Å². The second-order valence-electron chi connectivity index (χ2n) is 5.71. The van der Waals surface area contributed by atoms with Gasteiger partial charge in [-0.15, -0.1) is 0 Å². The van der Waals surface area contributed by atoms with Crippen LogP contribution in [0.5, 0.6) is 0 Å². The number of aromatic nitrogens is 2. The van der Waals surface area contributed by atoms with Crippen LogP contribution in [0.4, 0.5) is 5.82 Å². The number of hydrogen-bond acceptors (Lipinski definition) is 6. The van der Waals surface area contributed by atoms with Crippen LogP contribution in [0.3, 0.4) is 0 Å². The number of hydrogen-bond donors (Lipinski definition) is 2. The van der Waals surface area contributed by atoms with E-state index in [0.29, 0.717) is 27.8 Å². The lowest BCUT2D eigenvalue weighted by Gasteiger charge is -2.24. The van der Waals surface area contributed by atoms with Gasteiger partial charge in [0.2, 0.25) is 11.1 Å². The molecule has 0 spiro atoms. The maximum Gasteiger partial charge on any atom is 0.232 e. The predicted molar refractivity (Wildman–Crippen MR) is 82.5 cm³/mol. The topological polar surface area (TPSA) is 102 Å². The molecule has 0 radical (unpaired) electrons. The summed E-state index contributed by atoms with van der Waals surface area (Å²) in [6.45, 7) is -0.268. The molecule has 3 heterocycles. The van der Waals surface area contributed by atoms with Crippen LogP contribution in [0.1, 0.15) is 36.4 Å². The van der Waals surface area contributed by atoms with Crippen molar-refractivity contribution in [1.29, 1.82) is 0 Å². The fourth-order valence-electron chi connectivity index (χ4n) is 2.81. The Labute approximate surface area is 125 Å². The fourth-order valence-corrected chi connectivity index (χ4v) is 2.81. The molecule has 0 amide bonds. The largest absolute Gasteiger partial charge is 0.436 e. The van der Waals surface area contributed by atoms with E-state index in [1.54, 1.807) is 12.3 Å². The highest BCUT2D eigenvalue weighted by Crippen LogP contribution is 2.36. The quantitative estimate of drug-likeness (QED) is 0.702. The van der Waals surface area contributed by atoms with Crippen LogP contribution in [0.25, 0.3) is 22.1 Å². The highest BCUT2D eigenvalue weighted by Gasteiger charge is 2.22. The van der Waals surface area contributed by atoms with Crippen LogP contribution < -0.4 is 11.2 Å². The summed E-state index contributed by atoms with van der Waals surface area (Å²) >= 11 is 0. The van der Waals surface area contributed by atoms with E-state index in [-0.39, 0.29) is 23.6 Å². The molecule has 4 rings (SSSR count). The normalized spacial score (nSPS) is 15.3. The molecule has 6 heteroatoms. The van der Waals surface area contributed by atoms with Crippen molar-refractivity contribution < 1.29 is 9.52 Å². The lowest BCUT2D eigenvalue weighted by Crippen LogP contribution is -2.12. The van der Waals surface area contributed by atoms with Crippen molar-refractivity contribution in [2.24, 2.45) is 0 Å². The van der Waals surface area contributed by atoms with Gasteiger partial charge in [0.25, 0.3) is 0 Å². The summed E-state index contributed by atoms with van der Waals surface area (Å²) in [5.74, 6) is 0.605. The summed E-state index contributed by atoms with van der Waals surface area (Å²) < 4.78 is 5.66. The summed E-state index contributed by atoms with van der Waals surface area (Å²) in [4.78, 5) is 21.2. The van der Waals surface area contributed by atoms with Gasteiger partial charge in [0, 0.05) is 17.2 Å². The Kier molecular flexibility index (Phi) is 2.87. The first-order chi connectivity index (χ1) is 10.7. The average Bonchev–Trinajstić information content (AvgIpc) is 2.46. The van der Waals surface area contributed by atoms with Gasteiger partial charge in [-0.05, 0) is 25.0 Å². The third-order valence-electron chi connectivity index (χ3n) is 4.38. The van der Waals surface area contributed by atoms with Gasteiger partial charge in [-0.1, -0.05) is 6.42 Å². The van der Waals surface area contributed by atoms with E-state index >= 15 is 0 Å². The van der Waals surface area contributed by atoms with Crippen LogP contribution in [0.2, 0.25) is 0 Å². The maximum absolute atomic E-state index is 12.7. The smallest absolute Gasteiger partial charge is 0.232 e. The van der Waals surface area contributed by atoms with E-state index in [4.69, 9.17) is 10.2 Å². The Hall–Kier alpha value is -2.47. The van der Waals surface area contributed by atoms with Crippen LogP contribution >= 0.6 is 0 Å². The zero-order valence-corrected chi connectivity index (χ0v) is 11.9. The van der Waals surface area contributed by atoms with E-state index in [2.05, 4.69) is 9.97 Å². The van der Waals surface area contributed by atoms with E-state index in [0.717, 1.165) is 18.5 Å². The van der Waals surface area contributed by atoms with Gasteiger partial charge in [-0.25, -0.2) is 0 Å². The predicted octanol–water partition coefficient (Wildman–Crippen LogP) is 2.08. The second kappa shape index (κ2) is 4.78. The number of pyridine rings is 2. The van der Waals surface area contributed by atoms with Gasteiger partial charge in [-0.2, -0.15) is 4.98 Å². The second-order valence-corrected chi connectivity index (χ2v) is 5.71. The third-order valence-corrected chi connectivity index (χ3v) is 4.38. The molecule has 0 aliphatic heterocycles. The lowest BCUT2D eigenvalue weighted by molar-refractivity contribution is 0.282. The van der Waals surface area contributed by atoms with Crippen molar-refractivity contribution >= 4 is 27.9 Å². The number of nitrogen functional groups attached to an aromatic ring is 1. The van der Waals surface area contributed by atoms with Crippen molar-refractivity contribution in [3.8, 4) is 0 Å². The molecule has 6 nitrogen and oxygen atoms in total. The summed E-state index contributed by atoms with van der Waals surface area (Å²) in [6.07, 6.45) is 5.02. The molecule has 1 saturated carbocycles. The summed E-state index contributed by atoms with van der Waals surface area (Å²) in [7, 11) is 0. The van der Waals surface area contributed by atoms with Gasteiger partial charge in [0.15, 0.2) is 5.58 Å². The molecule has 112 valence electrons. The molecule has 3 aromatic rings. The summed E-state index contributed by atoms with van der Waals surface area (Å²) in [6, 6.07) is 3.37. The number of nitrogens with zero attached hydrogens (tertiary/aromatic N) is 2. The van der Waals surface area contributed by atoms with Gasteiger partial charge < -0.3 is 15.3 Å². The van der Waals surface area contributed by atoms with Crippen molar-refractivity contribution in [2.75, 3.05) is 5.73 Å². The first-order valence-electron chi connectivity index (χ1n) is 7.30. The van der Waals surface area contributed by atoms with E-state index in [1.807, 2.05) is 6.07 Å². The van der Waals surface area contributed by atoms with Gasteiger partial charge in [-0.3, -0.25) is 9.78 Å². The van der Waals surface area contributed by atoms with Gasteiger partial charge in [0.05, 0.1) is 23.6 Å². The van der Waals surface area contributed by atoms with Gasteiger partial charge in [0.1, 0.15) is 5.82 Å². The molecule has 1 fully saturated rings. The molecule has 0 saturated heterocycles. The summed E-state index contributed by atoms with van der Waals surface area (Å²) in [5, 5.41) is 10.1. The Balaban J connectivity index is 2.01. The Bertz CT molecular complexity index is 945. The zero-order chi connectivity index (χ0) is 15.3. The number of aliphatic hydroxyl groups is 1. The SMILES string of the molecule is Nc1nc2oc3cnc(C4CCC4)cc3c(=O)c2cc1CO.